The van der Waals surface area contributed by atoms with Gasteiger partial charge in [-0.2, -0.15) is 13.2 Å². The summed E-state index contributed by atoms with van der Waals surface area (Å²) in [5.41, 5.74) is 0. The second-order valence-corrected chi connectivity index (χ2v) is 4.67. The van der Waals surface area contributed by atoms with E-state index in [-0.39, 0.29) is 0 Å². The van der Waals surface area contributed by atoms with E-state index < -0.39 is 24.5 Å². The Bertz CT molecular complexity index is 452. The number of rotatable bonds is 3. The average Bonchev–Trinajstić information content (AvgIpc) is 2.45. The molecule has 2 heterocycles. The molecule has 1 saturated heterocycles. The van der Waals surface area contributed by atoms with Crippen LogP contribution >= 0.6 is 0 Å². The van der Waals surface area contributed by atoms with Crippen molar-refractivity contribution < 1.29 is 18.0 Å². The van der Waals surface area contributed by atoms with Crippen LogP contribution in [0.15, 0.2) is 18.5 Å². The molecule has 1 aromatic heterocycles. The van der Waals surface area contributed by atoms with Crippen molar-refractivity contribution in [3.8, 4) is 0 Å². The van der Waals surface area contributed by atoms with Gasteiger partial charge in [-0.15, -0.1) is 0 Å². The predicted octanol–water partition coefficient (Wildman–Crippen LogP) is 1.37. The van der Waals surface area contributed by atoms with Gasteiger partial charge in [-0.3, -0.25) is 4.79 Å². The van der Waals surface area contributed by atoms with Crippen LogP contribution in [0.2, 0.25) is 0 Å². The van der Waals surface area contributed by atoms with Crippen molar-refractivity contribution in [1.29, 1.82) is 0 Å². The van der Waals surface area contributed by atoms with Gasteiger partial charge in [0.05, 0.1) is 5.92 Å². The number of carbonyl (C=O) groups excluding carboxylic acids is 1. The second kappa shape index (κ2) is 6.06. The molecule has 110 valence electrons. The summed E-state index contributed by atoms with van der Waals surface area (Å²) in [6.07, 6.45) is 0.104. The fourth-order valence-electron chi connectivity index (χ4n) is 2.16. The molecular formula is C12H15F3N4O. The number of hydrogen-bond donors (Lipinski definition) is 1. The van der Waals surface area contributed by atoms with E-state index in [2.05, 4.69) is 9.97 Å². The predicted molar refractivity (Wildman–Crippen MR) is 66.0 cm³/mol. The molecule has 1 atom stereocenters. The van der Waals surface area contributed by atoms with Gasteiger partial charge in [-0.1, -0.05) is 0 Å². The number of nitrogens with zero attached hydrogens (tertiary/aromatic N) is 3. The number of hydrogen-bond acceptors (Lipinski definition) is 4. The zero-order valence-corrected chi connectivity index (χ0v) is 10.7. The van der Waals surface area contributed by atoms with E-state index in [1.165, 1.54) is 0 Å². The minimum absolute atomic E-state index is 0.341. The third-order valence-electron chi connectivity index (χ3n) is 3.09. The van der Waals surface area contributed by atoms with E-state index in [4.69, 9.17) is 0 Å². The van der Waals surface area contributed by atoms with Gasteiger partial charge in [0.1, 0.15) is 6.54 Å². The van der Waals surface area contributed by atoms with Crippen LogP contribution in [0.4, 0.5) is 19.1 Å². The number of anilines is 1. The van der Waals surface area contributed by atoms with Crippen molar-refractivity contribution in [3.63, 3.8) is 0 Å². The maximum atomic E-state index is 12.1. The molecule has 5 nitrogen and oxygen atoms in total. The Labute approximate surface area is 114 Å². The lowest BCUT2D eigenvalue weighted by molar-refractivity contribution is -0.140. The van der Waals surface area contributed by atoms with E-state index in [9.17, 15) is 18.0 Å². The number of halogens is 3. The Morgan fingerprint density at radius 1 is 1.40 bits per heavy atom. The maximum Gasteiger partial charge on any atom is 0.405 e. The van der Waals surface area contributed by atoms with Crippen LogP contribution < -0.4 is 10.2 Å². The van der Waals surface area contributed by atoms with Crippen LogP contribution in [-0.2, 0) is 4.79 Å². The molecule has 0 saturated carbocycles. The quantitative estimate of drug-likeness (QED) is 0.912. The summed E-state index contributed by atoms with van der Waals surface area (Å²) in [5.74, 6) is -0.529. The number of piperidine rings is 1. The van der Waals surface area contributed by atoms with Crippen LogP contribution in [0.5, 0.6) is 0 Å². The molecule has 8 heteroatoms. The Balaban J connectivity index is 1.92. The van der Waals surface area contributed by atoms with E-state index in [0.717, 1.165) is 6.42 Å². The maximum absolute atomic E-state index is 12.1. The largest absolute Gasteiger partial charge is 0.405 e. The van der Waals surface area contributed by atoms with Crippen molar-refractivity contribution in [2.24, 2.45) is 5.92 Å². The first-order valence-corrected chi connectivity index (χ1v) is 6.32. The topological polar surface area (TPSA) is 58.1 Å². The highest BCUT2D eigenvalue weighted by molar-refractivity contribution is 5.79. The molecule has 0 aromatic carbocycles. The van der Waals surface area contributed by atoms with Crippen LogP contribution in [-0.4, -0.2) is 41.7 Å². The normalized spacial score (nSPS) is 19.8. The van der Waals surface area contributed by atoms with Gasteiger partial charge in [0.15, 0.2) is 0 Å². The monoisotopic (exact) mass is 288 g/mol. The van der Waals surface area contributed by atoms with Crippen LogP contribution in [0.1, 0.15) is 12.8 Å². The van der Waals surface area contributed by atoms with Gasteiger partial charge in [0, 0.05) is 25.5 Å². The molecular weight excluding hydrogens is 273 g/mol. The number of amides is 1. The van der Waals surface area contributed by atoms with E-state index in [1.807, 2.05) is 10.2 Å². The Morgan fingerprint density at radius 3 is 2.75 bits per heavy atom. The standard InChI is InChI=1S/C12H15F3N4O/c13-12(14,15)8-18-10(20)9-3-1-6-19(7-9)11-16-4-2-5-17-11/h2,4-5,9H,1,3,6-8H2,(H,18,20)/t9-/m0/s1. The molecule has 0 radical (unpaired) electrons. The smallest absolute Gasteiger partial charge is 0.347 e. The minimum atomic E-state index is -4.38. The van der Waals surface area contributed by atoms with Crippen molar-refractivity contribution in [2.45, 2.75) is 19.0 Å². The molecule has 0 aliphatic carbocycles. The third-order valence-corrected chi connectivity index (χ3v) is 3.09. The summed E-state index contributed by atoms with van der Waals surface area (Å²) in [6.45, 7) is -0.245. The molecule has 1 aliphatic rings. The van der Waals surface area contributed by atoms with Gasteiger partial charge in [-0.05, 0) is 18.9 Å². The van der Waals surface area contributed by atoms with Crippen molar-refractivity contribution in [1.82, 2.24) is 15.3 Å². The number of nitrogens with one attached hydrogen (secondary N) is 1. The molecule has 1 aliphatic heterocycles. The van der Waals surface area contributed by atoms with E-state index in [0.29, 0.717) is 25.5 Å². The van der Waals surface area contributed by atoms with Gasteiger partial charge >= 0.3 is 6.18 Å². The van der Waals surface area contributed by atoms with Gasteiger partial charge in [-0.25, -0.2) is 9.97 Å². The molecule has 2 rings (SSSR count). The highest BCUT2D eigenvalue weighted by Crippen LogP contribution is 2.20. The summed E-state index contributed by atoms with van der Waals surface area (Å²) in [7, 11) is 0. The molecule has 0 unspecified atom stereocenters. The zero-order chi connectivity index (χ0) is 14.6. The highest BCUT2D eigenvalue weighted by Gasteiger charge is 2.31. The number of carbonyl (C=O) groups is 1. The van der Waals surface area contributed by atoms with Crippen LogP contribution in [0, 0.1) is 5.92 Å². The van der Waals surface area contributed by atoms with Crippen molar-refractivity contribution >= 4 is 11.9 Å². The number of alkyl halides is 3. The lowest BCUT2D eigenvalue weighted by Crippen LogP contribution is -2.45. The van der Waals surface area contributed by atoms with Crippen LogP contribution in [0.3, 0.4) is 0 Å². The highest BCUT2D eigenvalue weighted by atomic mass is 19.4. The first-order valence-electron chi connectivity index (χ1n) is 6.32. The molecule has 1 aromatic rings. The summed E-state index contributed by atoms with van der Waals surface area (Å²) in [5, 5.41) is 1.93. The Kier molecular flexibility index (Phi) is 4.41. The zero-order valence-electron chi connectivity index (χ0n) is 10.7. The van der Waals surface area contributed by atoms with Crippen molar-refractivity contribution in [3.05, 3.63) is 18.5 Å². The SMILES string of the molecule is O=C(NCC(F)(F)F)[C@H]1CCCN(c2ncccn2)C1. The van der Waals surface area contributed by atoms with Gasteiger partial charge in [0.2, 0.25) is 11.9 Å². The lowest BCUT2D eigenvalue weighted by Gasteiger charge is -2.31. The third kappa shape index (κ3) is 4.07. The Hall–Kier alpha value is -1.86. The summed E-state index contributed by atoms with van der Waals surface area (Å²) < 4.78 is 36.2. The van der Waals surface area contributed by atoms with Crippen molar-refractivity contribution in [2.75, 3.05) is 24.5 Å². The number of aromatic nitrogens is 2. The molecule has 1 amide bonds. The lowest BCUT2D eigenvalue weighted by atomic mass is 9.97. The first kappa shape index (κ1) is 14.5. The summed E-state index contributed by atoms with van der Waals surface area (Å²) in [4.78, 5) is 21.7. The van der Waals surface area contributed by atoms with E-state index in [1.54, 1.807) is 18.5 Å². The Morgan fingerprint density at radius 2 is 2.10 bits per heavy atom. The van der Waals surface area contributed by atoms with Gasteiger partial charge < -0.3 is 10.2 Å². The molecule has 1 N–H and O–H groups in total. The molecule has 20 heavy (non-hydrogen) atoms. The fraction of sp³-hybridized carbons (Fsp3) is 0.583. The second-order valence-electron chi connectivity index (χ2n) is 4.67. The minimum Gasteiger partial charge on any atom is -0.347 e. The van der Waals surface area contributed by atoms with Gasteiger partial charge in [0.25, 0.3) is 0 Å². The first-order chi connectivity index (χ1) is 9.46. The fourth-order valence-corrected chi connectivity index (χ4v) is 2.16. The molecule has 1 fully saturated rings. The summed E-state index contributed by atoms with van der Waals surface area (Å²) >= 11 is 0. The molecule has 0 spiro atoms. The molecule has 0 bridgehead atoms. The summed E-state index contributed by atoms with van der Waals surface area (Å²) in [6, 6.07) is 1.68. The average molecular weight is 288 g/mol. The van der Waals surface area contributed by atoms with E-state index >= 15 is 0 Å². The van der Waals surface area contributed by atoms with Crippen LogP contribution in [0.25, 0.3) is 0 Å².